The van der Waals surface area contributed by atoms with Crippen molar-refractivity contribution in [3.63, 3.8) is 0 Å². The third kappa shape index (κ3) is 5.07. The molecule has 8 heteroatoms. The van der Waals surface area contributed by atoms with Crippen LogP contribution in [0.2, 0.25) is 0 Å². The minimum Gasteiger partial charge on any atom is -0.359 e. The molecule has 1 fully saturated rings. The second-order valence-corrected chi connectivity index (χ2v) is 9.04. The lowest BCUT2D eigenvalue weighted by atomic mass is 10.1. The van der Waals surface area contributed by atoms with E-state index in [4.69, 9.17) is 0 Å². The van der Waals surface area contributed by atoms with E-state index in [9.17, 15) is 14.4 Å². The Labute approximate surface area is 202 Å². The molecule has 0 unspecified atom stereocenters. The zero-order valence-electron chi connectivity index (χ0n) is 19.1. The molecular formula is C26H26N4O3S. The highest BCUT2D eigenvalue weighted by Gasteiger charge is 2.31. The van der Waals surface area contributed by atoms with Crippen LogP contribution in [0.3, 0.4) is 0 Å². The number of rotatable bonds is 3. The Balaban J connectivity index is 0.000000170. The monoisotopic (exact) mass is 474 g/mol. The van der Waals surface area contributed by atoms with E-state index in [1.54, 1.807) is 28.4 Å². The number of amides is 2. The summed E-state index contributed by atoms with van der Waals surface area (Å²) in [7, 11) is 0. The predicted molar refractivity (Wildman–Crippen MR) is 134 cm³/mol. The van der Waals surface area contributed by atoms with Crippen molar-refractivity contribution in [2.24, 2.45) is 0 Å². The third-order valence-electron chi connectivity index (χ3n) is 5.73. The first-order valence-corrected chi connectivity index (χ1v) is 12.0. The molecule has 1 atom stereocenters. The van der Waals surface area contributed by atoms with Gasteiger partial charge in [-0.1, -0.05) is 24.3 Å². The molecule has 3 aromatic heterocycles. The summed E-state index contributed by atoms with van der Waals surface area (Å²) in [5.74, 6) is -0.962. The van der Waals surface area contributed by atoms with E-state index >= 15 is 0 Å². The van der Waals surface area contributed by atoms with Gasteiger partial charge in [0, 0.05) is 61.0 Å². The molecule has 1 saturated heterocycles. The van der Waals surface area contributed by atoms with E-state index in [0.29, 0.717) is 25.2 Å². The van der Waals surface area contributed by atoms with Crippen molar-refractivity contribution in [1.82, 2.24) is 19.8 Å². The van der Waals surface area contributed by atoms with Crippen molar-refractivity contribution >= 4 is 40.0 Å². The van der Waals surface area contributed by atoms with Gasteiger partial charge in [0.15, 0.2) is 0 Å². The topological polar surface area (TPSA) is 86.4 Å². The van der Waals surface area contributed by atoms with E-state index in [1.807, 2.05) is 49.6 Å². The molecular weight excluding hydrogens is 448 g/mol. The number of fused-ring (bicyclic) bond motifs is 1. The normalized spacial score (nSPS) is 15.5. The van der Waals surface area contributed by atoms with Crippen LogP contribution in [0, 0.1) is 0 Å². The highest BCUT2D eigenvalue weighted by Crippen LogP contribution is 2.29. The molecule has 1 aliphatic heterocycles. The summed E-state index contributed by atoms with van der Waals surface area (Å²) in [6.45, 7) is 4.43. The minimum atomic E-state index is -0.468. The number of Topliss-reactive ketones (excluding diaryl/α,β-unsaturated/α-hetero) is 1. The molecule has 4 aromatic rings. The SMILES string of the molecule is CC(=O)C(=O)N1CCN(C(=O)c2ccccc2)C[C@H]1C.c1csc(-c2ccnc3cc[nH]c23)c1. The van der Waals surface area contributed by atoms with E-state index in [1.165, 1.54) is 22.3 Å². The summed E-state index contributed by atoms with van der Waals surface area (Å²) in [6.07, 6.45) is 3.78. The number of hydrogen-bond donors (Lipinski definition) is 1. The average Bonchev–Trinajstić information content (AvgIpc) is 3.56. The number of hydrogen-bond acceptors (Lipinski definition) is 5. The summed E-state index contributed by atoms with van der Waals surface area (Å²) in [4.78, 5) is 47.2. The molecule has 0 aliphatic carbocycles. The number of pyridine rings is 1. The van der Waals surface area contributed by atoms with Crippen molar-refractivity contribution in [3.8, 4) is 10.4 Å². The number of nitrogens with zero attached hydrogens (tertiary/aromatic N) is 3. The van der Waals surface area contributed by atoms with Gasteiger partial charge in [0.05, 0.1) is 11.0 Å². The van der Waals surface area contributed by atoms with Crippen molar-refractivity contribution in [1.29, 1.82) is 0 Å². The summed E-state index contributed by atoms with van der Waals surface area (Å²) in [6, 6.07) is 17.2. The second kappa shape index (κ2) is 10.4. The molecule has 2 amide bonds. The van der Waals surface area contributed by atoms with Crippen LogP contribution in [0.4, 0.5) is 0 Å². The standard InChI is InChI=1S/C15H18N2O3.C11H8N2S/c1-11-10-16(8-9-17(11)14(19)12(2)18)15(20)13-6-4-3-5-7-13;1-2-10(14-7-1)8-3-5-12-9-4-6-13-11(8)9/h3-7,11H,8-10H2,1-2H3;1-7,13H/t11-;/m1./s1. The first-order valence-electron chi connectivity index (χ1n) is 11.1. The van der Waals surface area contributed by atoms with Crippen molar-refractivity contribution < 1.29 is 14.4 Å². The molecule has 0 radical (unpaired) electrons. The lowest BCUT2D eigenvalue weighted by Gasteiger charge is -2.39. The zero-order chi connectivity index (χ0) is 24.1. The molecule has 1 N–H and O–H groups in total. The molecule has 0 bridgehead atoms. The Hall–Kier alpha value is -3.78. The number of benzene rings is 1. The van der Waals surface area contributed by atoms with Gasteiger partial charge in [0.1, 0.15) is 0 Å². The quantitative estimate of drug-likeness (QED) is 0.450. The fourth-order valence-corrected chi connectivity index (χ4v) is 4.76. The van der Waals surface area contributed by atoms with Gasteiger partial charge in [-0.3, -0.25) is 19.4 Å². The number of piperazine rings is 1. The Morgan fingerprint density at radius 1 is 1.03 bits per heavy atom. The van der Waals surface area contributed by atoms with Crippen LogP contribution in [0.5, 0.6) is 0 Å². The lowest BCUT2D eigenvalue weighted by molar-refractivity contribution is -0.146. The third-order valence-corrected chi connectivity index (χ3v) is 6.64. The molecule has 0 saturated carbocycles. The highest BCUT2D eigenvalue weighted by atomic mass is 32.1. The number of H-pyrrole nitrogens is 1. The summed E-state index contributed by atoms with van der Waals surface area (Å²) < 4.78 is 0. The van der Waals surface area contributed by atoms with Crippen LogP contribution in [0.25, 0.3) is 21.5 Å². The molecule has 34 heavy (non-hydrogen) atoms. The van der Waals surface area contributed by atoms with Crippen molar-refractivity contribution in [3.05, 3.63) is 77.9 Å². The van der Waals surface area contributed by atoms with Gasteiger partial charge in [-0.25, -0.2) is 0 Å². The molecule has 1 aromatic carbocycles. The van der Waals surface area contributed by atoms with Gasteiger partial charge in [-0.05, 0) is 42.6 Å². The molecule has 174 valence electrons. The maximum Gasteiger partial charge on any atom is 0.289 e. The molecule has 0 spiro atoms. The number of aromatic nitrogens is 2. The molecule has 1 aliphatic rings. The molecule has 7 nitrogen and oxygen atoms in total. The maximum atomic E-state index is 12.3. The van der Waals surface area contributed by atoms with Gasteiger partial charge in [0.2, 0.25) is 5.78 Å². The van der Waals surface area contributed by atoms with E-state index in [0.717, 1.165) is 11.0 Å². The second-order valence-electron chi connectivity index (χ2n) is 8.09. The van der Waals surface area contributed by atoms with Crippen LogP contribution in [0.1, 0.15) is 24.2 Å². The maximum absolute atomic E-state index is 12.3. The Bertz CT molecular complexity index is 1280. The fourth-order valence-electron chi connectivity index (χ4n) is 4.01. The fraction of sp³-hybridized carbons (Fsp3) is 0.231. The van der Waals surface area contributed by atoms with Gasteiger partial charge < -0.3 is 14.8 Å². The van der Waals surface area contributed by atoms with Crippen molar-refractivity contribution in [2.75, 3.05) is 19.6 Å². The van der Waals surface area contributed by atoms with Crippen molar-refractivity contribution in [2.45, 2.75) is 19.9 Å². The number of carbonyl (C=O) groups is 3. The zero-order valence-corrected chi connectivity index (χ0v) is 19.9. The van der Waals surface area contributed by atoms with Crippen LogP contribution in [-0.4, -0.2) is 63.0 Å². The van der Waals surface area contributed by atoms with Crippen LogP contribution >= 0.6 is 11.3 Å². The Kier molecular flexibility index (Phi) is 7.18. The summed E-state index contributed by atoms with van der Waals surface area (Å²) >= 11 is 1.75. The summed E-state index contributed by atoms with van der Waals surface area (Å²) in [5, 5.41) is 2.09. The van der Waals surface area contributed by atoms with E-state index < -0.39 is 11.7 Å². The van der Waals surface area contributed by atoms with Gasteiger partial charge in [-0.15, -0.1) is 11.3 Å². The number of ketones is 1. The summed E-state index contributed by atoms with van der Waals surface area (Å²) in [5.41, 5.74) is 4.02. The van der Waals surface area contributed by atoms with Crippen LogP contribution < -0.4 is 0 Å². The number of aromatic amines is 1. The molecule has 4 heterocycles. The predicted octanol–water partition coefficient (Wildman–Crippen LogP) is 4.24. The van der Waals surface area contributed by atoms with Crippen LogP contribution in [-0.2, 0) is 9.59 Å². The van der Waals surface area contributed by atoms with Crippen LogP contribution in [0.15, 0.2) is 72.4 Å². The first kappa shape index (κ1) is 23.4. The highest BCUT2D eigenvalue weighted by molar-refractivity contribution is 7.13. The van der Waals surface area contributed by atoms with E-state index in [2.05, 4.69) is 27.5 Å². The Morgan fingerprint density at radius 2 is 1.82 bits per heavy atom. The van der Waals surface area contributed by atoms with E-state index in [-0.39, 0.29) is 11.9 Å². The average molecular weight is 475 g/mol. The number of carbonyl (C=O) groups excluding carboxylic acids is 3. The number of thiophene rings is 1. The molecule has 5 rings (SSSR count). The first-order chi connectivity index (χ1) is 16.5. The Morgan fingerprint density at radius 3 is 2.50 bits per heavy atom. The van der Waals surface area contributed by atoms with Gasteiger partial charge >= 0.3 is 0 Å². The number of nitrogens with one attached hydrogen (secondary N) is 1. The largest absolute Gasteiger partial charge is 0.359 e. The lowest BCUT2D eigenvalue weighted by Crippen LogP contribution is -2.56. The van der Waals surface area contributed by atoms with Gasteiger partial charge in [-0.2, -0.15) is 0 Å². The minimum absolute atomic E-state index is 0.0348. The smallest absolute Gasteiger partial charge is 0.289 e. The van der Waals surface area contributed by atoms with Gasteiger partial charge in [0.25, 0.3) is 11.8 Å².